The van der Waals surface area contributed by atoms with Crippen LogP contribution in [0.25, 0.3) is 0 Å². The van der Waals surface area contributed by atoms with Gasteiger partial charge < -0.3 is 23.8 Å². The molecule has 22 heavy (non-hydrogen) atoms. The highest BCUT2D eigenvalue weighted by molar-refractivity contribution is 5.76. The van der Waals surface area contributed by atoms with Gasteiger partial charge in [-0.25, -0.2) is 0 Å². The molecule has 0 aromatic heterocycles. The second-order valence-electron chi connectivity index (χ2n) is 5.29. The van der Waals surface area contributed by atoms with Gasteiger partial charge in [0.05, 0.1) is 52.9 Å². The molecule has 1 rings (SSSR count). The number of rotatable bonds is 4. The van der Waals surface area contributed by atoms with E-state index in [9.17, 15) is 4.79 Å². The van der Waals surface area contributed by atoms with Crippen molar-refractivity contribution in [2.24, 2.45) is 0 Å². The van der Waals surface area contributed by atoms with Crippen LogP contribution in [0.5, 0.6) is 0 Å². The molecule has 0 aromatic rings. The fraction of sp³-hybridized carbons (Fsp3) is 0.938. The van der Waals surface area contributed by atoms with Gasteiger partial charge in [-0.1, -0.05) is 19.8 Å². The monoisotopic (exact) mass is 317 g/mol. The molecule has 0 unspecified atom stereocenters. The summed E-state index contributed by atoms with van der Waals surface area (Å²) in [4.78, 5) is 14.1. The van der Waals surface area contributed by atoms with Crippen molar-refractivity contribution in [2.75, 3.05) is 65.9 Å². The molecular formula is C16H31NO5. The number of unbranched alkanes of at least 4 members (excludes halogenated alkanes) is 2. The minimum absolute atomic E-state index is 0.192. The standard InChI is InChI=1S/C16H31NO5/c1-2-3-4-5-16(18)17-6-8-19-10-12-21-14-15-22-13-11-20-9-7-17/h2-15H2,1H3. The van der Waals surface area contributed by atoms with E-state index in [4.69, 9.17) is 18.9 Å². The first-order chi connectivity index (χ1) is 10.8. The molecule has 0 aliphatic carbocycles. The Hall–Kier alpha value is -0.690. The molecule has 6 heteroatoms. The average Bonchev–Trinajstić information content (AvgIpc) is 2.53. The molecule has 1 saturated heterocycles. The molecule has 1 aliphatic rings. The van der Waals surface area contributed by atoms with Gasteiger partial charge in [0.2, 0.25) is 5.91 Å². The van der Waals surface area contributed by atoms with E-state index in [-0.39, 0.29) is 5.91 Å². The molecular weight excluding hydrogens is 286 g/mol. The Balaban J connectivity index is 2.33. The van der Waals surface area contributed by atoms with Crippen molar-refractivity contribution in [3.05, 3.63) is 0 Å². The summed E-state index contributed by atoms with van der Waals surface area (Å²) in [6, 6.07) is 0. The highest BCUT2D eigenvalue weighted by Crippen LogP contribution is 2.03. The maximum absolute atomic E-state index is 12.2. The smallest absolute Gasteiger partial charge is 0.222 e. The first-order valence-corrected chi connectivity index (χ1v) is 8.43. The third-order valence-corrected chi connectivity index (χ3v) is 3.47. The zero-order valence-electron chi connectivity index (χ0n) is 13.9. The molecule has 0 bridgehead atoms. The van der Waals surface area contributed by atoms with Crippen LogP contribution in [0, 0.1) is 0 Å². The molecule has 0 saturated carbocycles. The molecule has 1 aliphatic heterocycles. The largest absolute Gasteiger partial charge is 0.377 e. The zero-order chi connectivity index (χ0) is 15.9. The van der Waals surface area contributed by atoms with Gasteiger partial charge in [0.15, 0.2) is 0 Å². The number of amides is 1. The van der Waals surface area contributed by atoms with Crippen LogP contribution < -0.4 is 0 Å². The van der Waals surface area contributed by atoms with Crippen molar-refractivity contribution in [3.8, 4) is 0 Å². The van der Waals surface area contributed by atoms with Gasteiger partial charge in [0, 0.05) is 19.5 Å². The highest BCUT2D eigenvalue weighted by atomic mass is 16.6. The lowest BCUT2D eigenvalue weighted by Gasteiger charge is -2.22. The molecule has 0 radical (unpaired) electrons. The summed E-state index contributed by atoms with van der Waals surface area (Å²) < 4.78 is 21.8. The number of ether oxygens (including phenoxy) is 4. The fourth-order valence-corrected chi connectivity index (χ4v) is 2.16. The van der Waals surface area contributed by atoms with Gasteiger partial charge >= 0.3 is 0 Å². The molecule has 1 heterocycles. The summed E-state index contributed by atoms with van der Waals surface area (Å²) in [7, 11) is 0. The summed E-state index contributed by atoms with van der Waals surface area (Å²) in [5, 5.41) is 0. The number of hydrogen-bond acceptors (Lipinski definition) is 5. The summed E-state index contributed by atoms with van der Waals surface area (Å²) in [5.74, 6) is 0.192. The Morgan fingerprint density at radius 2 is 1.23 bits per heavy atom. The maximum Gasteiger partial charge on any atom is 0.222 e. The number of nitrogens with zero attached hydrogens (tertiary/aromatic N) is 1. The van der Waals surface area contributed by atoms with Crippen LogP contribution in [-0.4, -0.2) is 76.8 Å². The molecule has 0 atom stereocenters. The summed E-state index contributed by atoms with van der Waals surface area (Å²) >= 11 is 0. The minimum atomic E-state index is 0.192. The topological polar surface area (TPSA) is 57.2 Å². The molecule has 6 nitrogen and oxygen atoms in total. The van der Waals surface area contributed by atoms with Crippen LogP contribution in [0.15, 0.2) is 0 Å². The predicted octanol–water partition coefficient (Wildman–Crippen LogP) is 1.48. The fourth-order valence-electron chi connectivity index (χ4n) is 2.16. The van der Waals surface area contributed by atoms with Gasteiger partial charge in [-0.2, -0.15) is 0 Å². The molecule has 0 spiro atoms. The average molecular weight is 317 g/mol. The van der Waals surface area contributed by atoms with Crippen LogP contribution in [0.2, 0.25) is 0 Å². The van der Waals surface area contributed by atoms with Crippen LogP contribution >= 0.6 is 0 Å². The lowest BCUT2D eigenvalue weighted by molar-refractivity contribution is -0.133. The Kier molecular flexibility index (Phi) is 12.3. The number of carbonyl (C=O) groups is 1. The maximum atomic E-state index is 12.2. The summed E-state index contributed by atoms with van der Waals surface area (Å²) in [5.41, 5.74) is 0. The SMILES string of the molecule is CCCCCC(=O)N1CCOCCOCCOCCOCC1. The molecule has 0 aromatic carbocycles. The molecule has 1 amide bonds. The Labute approximate surface area is 134 Å². The Morgan fingerprint density at radius 1 is 0.773 bits per heavy atom. The van der Waals surface area contributed by atoms with E-state index in [2.05, 4.69) is 6.92 Å². The van der Waals surface area contributed by atoms with E-state index in [1.54, 1.807) is 0 Å². The highest BCUT2D eigenvalue weighted by Gasteiger charge is 2.13. The Bertz CT molecular complexity index is 259. The van der Waals surface area contributed by atoms with Crippen molar-refractivity contribution in [3.63, 3.8) is 0 Å². The van der Waals surface area contributed by atoms with Crippen molar-refractivity contribution in [2.45, 2.75) is 32.6 Å². The van der Waals surface area contributed by atoms with E-state index < -0.39 is 0 Å². The Morgan fingerprint density at radius 3 is 1.68 bits per heavy atom. The van der Waals surface area contributed by atoms with Crippen molar-refractivity contribution in [1.29, 1.82) is 0 Å². The quantitative estimate of drug-likeness (QED) is 0.735. The van der Waals surface area contributed by atoms with E-state index in [1.807, 2.05) is 4.90 Å². The van der Waals surface area contributed by atoms with Crippen molar-refractivity contribution >= 4 is 5.91 Å². The van der Waals surface area contributed by atoms with E-state index in [0.717, 1.165) is 19.3 Å². The predicted molar refractivity (Wildman–Crippen MR) is 84.0 cm³/mol. The van der Waals surface area contributed by atoms with E-state index in [0.29, 0.717) is 72.4 Å². The van der Waals surface area contributed by atoms with Crippen LogP contribution in [0.3, 0.4) is 0 Å². The summed E-state index contributed by atoms with van der Waals surface area (Å²) in [6.45, 7) is 7.82. The molecule has 130 valence electrons. The second-order valence-corrected chi connectivity index (χ2v) is 5.29. The minimum Gasteiger partial charge on any atom is -0.377 e. The van der Waals surface area contributed by atoms with Crippen LogP contribution in [0.1, 0.15) is 32.6 Å². The van der Waals surface area contributed by atoms with E-state index >= 15 is 0 Å². The van der Waals surface area contributed by atoms with Crippen molar-refractivity contribution < 1.29 is 23.7 Å². The zero-order valence-corrected chi connectivity index (χ0v) is 13.9. The van der Waals surface area contributed by atoms with Gasteiger partial charge in [-0.3, -0.25) is 4.79 Å². The first-order valence-electron chi connectivity index (χ1n) is 8.43. The molecule has 1 fully saturated rings. The van der Waals surface area contributed by atoms with Gasteiger partial charge in [-0.15, -0.1) is 0 Å². The number of carbonyl (C=O) groups excluding carboxylic acids is 1. The van der Waals surface area contributed by atoms with Crippen LogP contribution in [-0.2, 0) is 23.7 Å². The van der Waals surface area contributed by atoms with Gasteiger partial charge in [-0.05, 0) is 6.42 Å². The van der Waals surface area contributed by atoms with Gasteiger partial charge in [0.25, 0.3) is 0 Å². The lowest BCUT2D eigenvalue weighted by Crippen LogP contribution is -2.36. The molecule has 0 N–H and O–H groups in total. The lowest BCUT2D eigenvalue weighted by atomic mass is 10.2. The van der Waals surface area contributed by atoms with Crippen molar-refractivity contribution in [1.82, 2.24) is 4.90 Å². The summed E-state index contributed by atoms with van der Waals surface area (Å²) in [6.07, 6.45) is 3.79. The normalized spacial score (nSPS) is 20.1. The van der Waals surface area contributed by atoms with Gasteiger partial charge in [0.1, 0.15) is 0 Å². The first kappa shape index (κ1) is 19.4. The third kappa shape index (κ3) is 10.1. The number of hydrogen-bond donors (Lipinski definition) is 0. The third-order valence-electron chi connectivity index (χ3n) is 3.47. The second kappa shape index (κ2) is 13.9. The van der Waals surface area contributed by atoms with E-state index in [1.165, 1.54) is 0 Å². The van der Waals surface area contributed by atoms with Crippen LogP contribution in [0.4, 0.5) is 0 Å².